The van der Waals surface area contributed by atoms with Gasteiger partial charge < -0.3 is 34.2 Å². The van der Waals surface area contributed by atoms with E-state index in [4.69, 9.17) is 32.3 Å². The molecule has 0 aromatic heterocycles. The molecule has 0 aliphatic carbocycles. The number of aliphatic hydroxyl groups is 2. The van der Waals surface area contributed by atoms with Gasteiger partial charge in [0.15, 0.2) is 6.10 Å². The monoisotopic (exact) mass is 1270 g/mol. The van der Waals surface area contributed by atoms with Crippen molar-refractivity contribution in [2.75, 3.05) is 39.6 Å². The Labute approximate surface area is 528 Å². The maximum atomic E-state index is 12.9. The van der Waals surface area contributed by atoms with E-state index in [0.717, 1.165) is 135 Å². The van der Waals surface area contributed by atoms with Crippen LogP contribution in [0.15, 0.2) is 72.9 Å². The van der Waals surface area contributed by atoms with Crippen molar-refractivity contribution >= 4 is 33.6 Å². The van der Waals surface area contributed by atoms with Crippen molar-refractivity contribution < 1.29 is 75.8 Å². The standard InChI is InChI=1S/C69H124O16P2/c1-4-7-10-13-16-19-22-25-27-28-29-30-31-32-33-34-36-39-40-43-46-49-52-55-67(72)79-58-64(70)59-81-86(75,76)82-60-65(71)61-83-87(77,78)84-63-66(85-69(74)57-54-51-48-45-42-37-24-21-18-15-12-9-6-3)62-80-68(73)56-53-50-47-44-41-38-35-26-23-20-17-14-11-8-5-2/h7,10,16,19,21,24-25,27,29-30,32-33,64-66,70-71H,4-6,8-9,11-15,17-18,20,22-23,26,28,31,34-63H2,1-3H3,(H,75,76)(H,77,78)/b10-7-,19-16-,24-21-,27-25-,30-29-,33-32-. The number of phosphoric ester groups is 2. The fourth-order valence-electron chi connectivity index (χ4n) is 9.18. The molecule has 18 heteroatoms. The van der Waals surface area contributed by atoms with Crippen LogP contribution in [0.2, 0.25) is 0 Å². The van der Waals surface area contributed by atoms with Gasteiger partial charge in [-0.1, -0.05) is 254 Å². The Bertz CT molecular complexity index is 1880. The average molecular weight is 1270 g/mol. The summed E-state index contributed by atoms with van der Waals surface area (Å²) < 4.78 is 60.8. The van der Waals surface area contributed by atoms with Gasteiger partial charge >= 0.3 is 33.6 Å². The number of aliphatic hydroxyl groups excluding tert-OH is 2. The lowest BCUT2D eigenvalue weighted by Gasteiger charge is -2.21. The van der Waals surface area contributed by atoms with Crippen LogP contribution in [-0.2, 0) is 55.8 Å². The maximum Gasteiger partial charge on any atom is 0.472 e. The fraction of sp³-hybridized carbons (Fsp3) is 0.783. The molecular formula is C69H124O16P2. The number of hydrogen-bond acceptors (Lipinski definition) is 14. The van der Waals surface area contributed by atoms with Crippen molar-refractivity contribution in [3.05, 3.63) is 72.9 Å². The Hall–Kier alpha value is -3.01. The zero-order chi connectivity index (χ0) is 63.8. The molecule has 0 aliphatic heterocycles. The van der Waals surface area contributed by atoms with Gasteiger partial charge in [0.2, 0.25) is 0 Å². The first-order valence-corrected chi connectivity index (χ1v) is 37.2. The molecule has 0 saturated carbocycles. The van der Waals surface area contributed by atoms with Crippen molar-refractivity contribution in [3.63, 3.8) is 0 Å². The molecule has 0 fully saturated rings. The normalized spacial score (nSPS) is 14.7. The van der Waals surface area contributed by atoms with Crippen molar-refractivity contribution in [3.8, 4) is 0 Å². The van der Waals surface area contributed by atoms with E-state index in [1.165, 1.54) is 96.3 Å². The molecule has 87 heavy (non-hydrogen) atoms. The Balaban J connectivity index is 4.56. The number of esters is 3. The second-order valence-electron chi connectivity index (χ2n) is 23.0. The van der Waals surface area contributed by atoms with Crippen LogP contribution in [0.1, 0.15) is 290 Å². The zero-order valence-corrected chi connectivity index (χ0v) is 56.5. The Kier molecular flexibility index (Phi) is 61.0. The van der Waals surface area contributed by atoms with E-state index in [1.54, 1.807) is 0 Å². The van der Waals surface area contributed by atoms with Crippen molar-refractivity contribution in [1.29, 1.82) is 0 Å². The van der Waals surface area contributed by atoms with Crippen LogP contribution in [-0.4, -0.2) is 95.9 Å². The highest BCUT2D eigenvalue weighted by atomic mass is 31.2. The third-order valence-electron chi connectivity index (χ3n) is 14.4. The van der Waals surface area contributed by atoms with Gasteiger partial charge in [-0.3, -0.25) is 32.5 Å². The molecule has 0 heterocycles. The quantitative estimate of drug-likeness (QED) is 0.0146. The van der Waals surface area contributed by atoms with Gasteiger partial charge in [0.25, 0.3) is 0 Å². The smallest absolute Gasteiger partial charge is 0.463 e. The first-order chi connectivity index (χ1) is 42.2. The fourth-order valence-corrected chi connectivity index (χ4v) is 10.8. The molecule has 16 nitrogen and oxygen atoms in total. The highest BCUT2D eigenvalue weighted by Crippen LogP contribution is 2.45. The summed E-state index contributed by atoms with van der Waals surface area (Å²) in [6.07, 6.45) is 65.2. The minimum absolute atomic E-state index is 0.0983. The van der Waals surface area contributed by atoms with E-state index in [9.17, 15) is 43.5 Å². The van der Waals surface area contributed by atoms with Crippen LogP contribution in [0, 0.1) is 0 Å². The molecule has 0 aromatic rings. The molecule has 0 radical (unpaired) electrons. The summed E-state index contributed by atoms with van der Waals surface area (Å²) in [6, 6.07) is 0. The molecule has 506 valence electrons. The molecule has 4 N–H and O–H groups in total. The zero-order valence-electron chi connectivity index (χ0n) is 54.7. The summed E-state index contributed by atoms with van der Waals surface area (Å²) in [4.78, 5) is 58.3. The maximum absolute atomic E-state index is 12.9. The molecule has 0 rings (SSSR count). The van der Waals surface area contributed by atoms with Gasteiger partial charge in [-0.2, -0.15) is 0 Å². The van der Waals surface area contributed by atoms with E-state index >= 15 is 0 Å². The molecule has 5 unspecified atom stereocenters. The van der Waals surface area contributed by atoms with Crippen LogP contribution in [0.3, 0.4) is 0 Å². The number of rotatable bonds is 65. The first kappa shape index (κ1) is 84.0. The Morgan fingerprint density at radius 1 is 0.333 bits per heavy atom. The summed E-state index contributed by atoms with van der Waals surface area (Å²) in [5.41, 5.74) is 0. The van der Waals surface area contributed by atoms with Crippen molar-refractivity contribution in [2.24, 2.45) is 0 Å². The van der Waals surface area contributed by atoms with Crippen molar-refractivity contribution in [2.45, 2.75) is 309 Å². The summed E-state index contributed by atoms with van der Waals surface area (Å²) in [5.74, 6) is -1.58. The number of hydrogen-bond donors (Lipinski definition) is 4. The number of carbonyl (C=O) groups excluding carboxylic acids is 3. The number of unbranched alkanes of at least 4 members (excludes halogenated alkanes) is 30. The molecule has 5 atom stereocenters. The van der Waals surface area contributed by atoms with Gasteiger partial charge in [0.05, 0.1) is 26.4 Å². The second-order valence-corrected chi connectivity index (χ2v) is 25.9. The lowest BCUT2D eigenvalue weighted by Crippen LogP contribution is -2.30. The van der Waals surface area contributed by atoms with Gasteiger partial charge in [-0.25, -0.2) is 9.13 Å². The lowest BCUT2D eigenvalue weighted by atomic mass is 10.0. The molecule has 0 aromatic carbocycles. The van der Waals surface area contributed by atoms with E-state index in [2.05, 4.69) is 93.7 Å². The minimum Gasteiger partial charge on any atom is -0.463 e. The molecule has 0 saturated heterocycles. The highest BCUT2D eigenvalue weighted by Gasteiger charge is 2.29. The minimum atomic E-state index is -4.92. The van der Waals surface area contributed by atoms with E-state index in [1.807, 2.05) is 0 Å². The summed E-state index contributed by atoms with van der Waals surface area (Å²) in [7, 11) is -9.77. The summed E-state index contributed by atoms with van der Waals surface area (Å²) in [5, 5.41) is 20.5. The Morgan fingerprint density at radius 3 is 0.989 bits per heavy atom. The average Bonchev–Trinajstić information content (AvgIpc) is 3.63. The van der Waals surface area contributed by atoms with E-state index in [0.29, 0.717) is 19.3 Å². The van der Waals surface area contributed by atoms with E-state index < -0.39 is 91.5 Å². The van der Waals surface area contributed by atoms with Crippen LogP contribution < -0.4 is 0 Å². The first-order valence-electron chi connectivity index (χ1n) is 34.2. The lowest BCUT2D eigenvalue weighted by molar-refractivity contribution is -0.161. The molecule has 0 amide bonds. The van der Waals surface area contributed by atoms with Crippen LogP contribution in [0.25, 0.3) is 0 Å². The third-order valence-corrected chi connectivity index (χ3v) is 16.3. The number of allylic oxidation sites excluding steroid dienone is 12. The predicted molar refractivity (Wildman–Crippen MR) is 353 cm³/mol. The topological polar surface area (TPSA) is 231 Å². The van der Waals surface area contributed by atoms with Crippen LogP contribution in [0.4, 0.5) is 0 Å². The molecule has 0 spiro atoms. The number of ether oxygens (including phenoxy) is 3. The van der Waals surface area contributed by atoms with Gasteiger partial charge in [-0.15, -0.1) is 0 Å². The van der Waals surface area contributed by atoms with E-state index in [-0.39, 0.29) is 19.3 Å². The van der Waals surface area contributed by atoms with Gasteiger partial charge in [0, 0.05) is 19.3 Å². The van der Waals surface area contributed by atoms with Crippen LogP contribution >= 0.6 is 15.6 Å². The van der Waals surface area contributed by atoms with Gasteiger partial charge in [0.1, 0.15) is 25.4 Å². The largest absolute Gasteiger partial charge is 0.472 e. The number of phosphoric acid groups is 2. The molecule has 0 bridgehead atoms. The Morgan fingerprint density at radius 2 is 0.609 bits per heavy atom. The second kappa shape index (κ2) is 63.2. The number of carbonyl (C=O) groups is 3. The molecule has 0 aliphatic rings. The highest BCUT2D eigenvalue weighted by molar-refractivity contribution is 7.47. The third kappa shape index (κ3) is 64.3. The van der Waals surface area contributed by atoms with Crippen LogP contribution in [0.5, 0.6) is 0 Å². The van der Waals surface area contributed by atoms with Gasteiger partial charge in [-0.05, 0) is 89.9 Å². The van der Waals surface area contributed by atoms with Crippen molar-refractivity contribution in [1.82, 2.24) is 0 Å². The SMILES string of the molecule is CC/C=C\C/C=C\C/C=C\C/C=C\C/C=C\CCCCCCCCCC(=O)OCC(O)COP(=O)(O)OCC(O)COP(=O)(O)OCC(COC(=O)CCCCCCCCCCCCCCCCC)OC(=O)CCCCCCC/C=C\CCCCCC. The molecular weight excluding hydrogens is 1150 g/mol. The summed E-state index contributed by atoms with van der Waals surface area (Å²) in [6.45, 7) is 2.54. The summed E-state index contributed by atoms with van der Waals surface area (Å²) >= 11 is 0. The predicted octanol–water partition coefficient (Wildman–Crippen LogP) is 18.8.